The molecule has 70 valence electrons. The Balaban J connectivity index is 3.29. The molecule has 1 aromatic rings. The molecular formula is C8H8BrClN2O. The molecule has 0 spiro atoms. The summed E-state index contributed by atoms with van der Waals surface area (Å²) in [5, 5.41) is 3.76. The van der Waals surface area contributed by atoms with Gasteiger partial charge in [-0.15, -0.1) is 5.11 Å². The highest BCUT2D eigenvalue weighted by atomic mass is 79.9. The second kappa shape index (κ2) is 4.58. The van der Waals surface area contributed by atoms with Crippen LogP contribution in [-0.4, -0.2) is 7.11 Å². The van der Waals surface area contributed by atoms with Crippen LogP contribution < -0.4 is 4.74 Å². The van der Waals surface area contributed by atoms with Crippen molar-refractivity contribution in [2.24, 2.45) is 9.75 Å². The Morgan fingerprint density at radius 1 is 1.46 bits per heavy atom. The summed E-state index contributed by atoms with van der Waals surface area (Å²) in [6.45, 7) is 1.91. The van der Waals surface area contributed by atoms with Crippen molar-refractivity contribution in [3.8, 4) is 5.75 Å². The van der Waals surface area contributed by atoms with E-state index in [1.165, 1.54) is 0 Å². The fourth-order valence-corrected chi connectivity index (χ4v) is 1.65. The van der Waals surface area contributed by atoms with Gasteiger partial charge in [0.25, 0.3) is 0 Å². The van der Waals surface area contributed by atoms with E-state index in [2.05, 4.69) is 25.7 Å². The van der Waals surface area contributed by atoms with Crippen LogP contribution in [0.15, 0.2) is 26.4 Å². The Morgan fingerprint density at radius 2 is 2.15 bits per heavy atom. The van der Waals surface area contributed by atoms with Gasteiger partial charge in [-0.2, -0.15) is 0 Å². The summed E-state index contributed by atoms with van der Waals surface area (Å²) < 4.78 is 9.26. The standard InChI is InChI=1S/C8H8BrClN2O/c1-5-3-6(9)4-7(13-2)8(5)11-12-10/h3-4H,1-2H3/b12-11+. The molecule has 13 heavy (non-hydrogen) atoms. The van der Waals surface area contributed by atoms with Crippen LogP contribution in [0.4, 0.5) is 5.69 Å². The van der Waals surface area contributed by atoms with Gasteiger partial charge in [-0.05, 0) is 24.6 Å². The molecule has 0 amide bonds. The first-order valence-corrected chi connectivity index (χ1v) is 4.68. The summed E-state index contributed by atoms with van der Waals surface area (Å²) in [7, 11) is 1.58. The molecule has 1 aromatic carbocycles. The molecule has 0 aliphatic rings. The number of rotatable bonds is 2. The number of methoxy groups -OCH3 is 1. The maximum Gasteiger partial charge on any atom is 0.147 e. The predicted molar refractivity (Wildman–Crippen MR) is 55.8 cm³/mol. The summed E-state index contributed by atoms with van der Waals surface area (Å²) in [5.41, 5.74) is 1.61. The van der Waals surface area contributed by atoms with Gasteiger partial charge in [-0.25, -0.2) is 0 Å². The molecule has 0 N–H and O–H groups in total. The van der Waals surface area contributed by atoms with Gasteiger partial charge in [0.2, 0.25) is 0 Å². The van der Waals surface area contributed by atoms with Crippen molar-refractivity contribution >= 4 is 33.4 Å². The SMILES string of the molecule is COc1cc(Br)cc(C)c1/N=N/Cl. The zero-order chi connectivity index (χ0) is 9.84. The van der Waals surface area contributed by atoms with Gasteiger partial charge >= 0.3 is 0 Å². The third kappa shape index (κ3) is 2.42. The van der Waals surface area contributed by atoms with E-state index in [1.807, 2.05) is 19.1 Å². The molecule has 0 unspecified atom stereocenters. The average Bonchev–Trinajstić information content (AvgIpc) is 2.09. The molecule has 0 aliphatic carbocycles. The topological polar surface area (TPSA) is 34.0 Å². The molecule has 0 fully saturated rings. The molecule has 0 heterocycles. The van der Waals surface area contributed by atoms with Gasteiger partial charge in [0.05, 0.1) is 18.9 Å². The third-order valence-electron chi connectivity index (χ3n) is 1.59. The number of ether oxygens (including phenoxy) is 1. The first-order valence-electron chi connectivity index (χ1n) is 3.55. The molecule has 3 nitrogen and oxygen atoms in total. The number of benzene rings is 1. The van der Waals surface area contributed by atoms with Crippen molar-refractivity contribution in [2.75, 3.05) is 7.11 Å². The van der Waals surface area contributed by atoms with Crippen LogP contribution in [0, 0.1) is 6.92 Å². The molecule has 0 aliphatic heterocycles. The minimum Gasteiger partial charge on any atom is -0.494 e. The second-order valence-corrected chi connectivity index (χ2v) is 3.52. The van der Waals surface area contributed by atoms with Crippen LogP contribution in [-0.2, 0) is 0 Å². The Morgan fingerprint density at radius 3 is 2.69 bits per heavy atom. The monoisotopic (exact) mass is 262 g/mol. The number of hydrogen-bond donors (Lipinski definition) is 0. The number of nitrogens with zero attached hydrogens (tertiary/aromatic N) is 2. The minimum absolute atomic E-state index is 0.649. The summed E-state index contributed by atoms with van der Waals surface area (Å²) >= 11 is 8.52. The summed E-state index contributed by atoms with van der Waals surface area (Å²) in [6, 6.07) is 3.73. The van der Waals surface area contributed by atoms with Gasteiger partial charge in [-0.3, -0.25) is 0 Å². The molecule has 0 radical (unpaired) electrons. The van der Waals surface area contributed by atoms with E-state index in [0.29, 0.717) is 11.4 Å². The Hall–Kier alpha value is -0.610. The molecule has 5 heteroatoms. The fraction of sp³-hybridized carbons (Fsp3) is 0.250. The molecule has 0 saturated heterocycles. The number of hydrogen-bond acceptors (Lipinski definition) is 3. The van der Waals surface area contributed by atoms with Crippen LogP contribution >= 0.6 is 27.7 Å². The Bertz CT molecular complexity index is 341. The average molecular weight is 264 g/mol. The molecule has 1 rings (SSSR count). The highest BCUT2D eigenvalue weighted by Crippen LogP contribution is 2.34. The van der Waals surface area contributed by atoms with E-state index in [1.54, 1.807) is 7.11 Å². The summed E-state index contributed by atoms with van der Waals surface area (Å²) in [4.78, 5) is 0. The molecule has 0 saturated carbocycles. The maximum atomic E-state index is 5.17. The van der Waals surface area contributed by atoms with Crippen molar-refractivity contribution in [3.63, 3.8) is 0 Å². The third-order valence-corrected chi connectivity index (χ3v) is 2.12. The van der Waals surface area contributed by atoms with E-state index < -0.39 is 0 Å². The summed E-state index contributed by atoms with van der Waals surface area (Å²) in [6.07, 6.45) is 0. The maximum absolute atomic E-state index is 5.17. The summed E-state index contributed by atoms with van der Waals surface area (Å²) in [5.74, 6) is 0.649. The lowest BCUT2D eigenvalue weighted by Gasteiger charge is -2.06. The lowest BCUT2D eigenvalue weighted by Crippen LogP contribution is -1.85. The van der Waals surface area contributed by atoms with Crippen LogP contribution in [0.1, 0.15) is 5.56 Å². The highest BCUT2D eigenvalue weighted by Gasteiger charge is 2.06. The lowest BCUT2D eigenvalue weighted by atomic mass is 10.2. The first kappa shape index (κ1) is 10.5. The van der Waals surface area contributed by atoms with Gasteiger partial charge in [0, 0.05) is 4.47 Å². The molecule has 0 atom stereocenters. The van der Waals surface area contributed by atoms with E-state index in [9.17, 15) is 0 Å². The van der Waals surface area contributed by atoms with Crippen LogP contribution in [0.25, 0.3) is 0 Å². The van der Waals surface area contributed by atoms with Gasteiger partial charge in [-0.1, -0.05) is 20.6 Å². The second-order valence-electron chi connectivity index (χ2n) is 2.45. The lowest BCUT2D eigenvalue weighted by molar-refractivity contribution is 0.415. The van der Waals surface area contributed by atoms with Crippen LogP contribution in [0.3, 0.4) is 0 Å². The zero-order valence-corrected chi connectivity index (χ0v) is 9.56. The van der Waals surface area contributed by atoms with Crippen molar-refractivity contribution in [1.29, 1.82) is 0 Å². The van der Waals surface area contributed by atoms with Gasteiger partial charge in [0.15, 0.2) is 0 Å². The smallest absolute Gasteiger partial charge is 0.147 e. The normalized spacial score (nSPS) is 10.8. The Labute approximate surface area is 90.0 Å². The van der Waals surface area contributed by atoms with Crippen molar-refractivity contribution < 1.29 is 4.74 Å². The quantitative estimate of drug-likeness (QED) is 0.742. The van der Waals surface area contributed by atoms with Gasteiger partial charge in [0.1, 0.15) is 11.4 Å². The number of aryl methyl sites for hydroxylation is 1. The van der Waals surface area contributed by atoms with E-state index >= 15 is 0 Å². The van der Waals surface area contributed by atoms with Crippen molar-refractivity contribution in [3.05, 3.63) is 22.2 Å². The van der Waals surface area contributed by atoms with Crippen molar-refractivity contribution in [1.82, 2.24) is 0 Å². The minimum atomic E-state index is 0.649. The largest absolute Gasteiger partial charge is 0.494 e. The fourth-order valence-electron chi connectivity index (χ4n) is 1.03. The highest BCUT2D eigenvalue weighted by molar-refractivity contribution is 9.10. The molecular weight excluding hydrogens is 255 g/mol. The molecule has 0 aromatic heterocycles. The van der Waals surface area contributed by atoms with Crippen LogP contribution in [0.5, 0.6) is 5.75 Å². The van der Waals surface area contributed by atoms with E-state index in [-0.39, 0.29) is 0 Å². The Kier molecular flexibility index (Phi) is 3.69. The van der Waals surface area contributed by atoms with Crippen LogP contribution in [0.2, 0.25) is 0 Å². The molecule has 0 bridgehead atoms. The van der Waals surface area contributed by atoms with E-state index in [0.717, 1.165) is 10.0 Å². The number of halogens is 2. The predicted octanol–water partition coefficient (Wildman–Crippen LogP) is 4.00. The first-order chi connectivity index (χ1) is 6.19. The zero-order valence-electron chi connectivity index (χ0n) is 7.21. The van der Waals surface area contributed by atoms with E-state index in [4.69, 9.17) is 16.5 Å². The van der Waals surface area contributed by atoms with Crippen molar-refractivity contribution in [2.45, 2.75) is 6.92 Å². The van der Waals surface area contributed by atoms with Gasteiger partial charge < -0.3 is 4.74 Å².